The van der Waals surface area contributed by atoms with Crippen LogP contribution in [-0.2, 0) is 6.42 Å². The Morgan fingerprint density at radius 2 is 2.25 bits per heavy atom. The average Bonchev–Trinajstić information content (AvgIpc) is 2.05. The average molecular weight is 186 g/mol. The minimum absolute atomic E-state index is 0.0665. The van der Waals surface area contributed by atoms with Crippen LogP contribution in [0.15, 0.2) is 23.1 Å². The van der Waals surface area contributed by atoms with Gasteiger partial charge < -0.3 is 5.11 Å². The van der Waals surface area contributed by atoms with Crippen LogP contribution in [0.25, 0.3) is 0 Å². The molecule has 0 aliphatic carbocycles. The number of aliphatic hydroxyl groups excluding tert-OH is 1. The zero-order valence-corrected chi connectivity index (χ0v) is 7.70. The molecule has 66 valence electrons. The molecular formula is C9H11FOS. The van der Waals surface area contributed by atoms with Gasteiger partial charge in [0.05, 0.1) is 0 Å². The molecule has 0 unspecified atom stereocenters. The molecule has 0 bridgehead atoms. The smallest absolute Gasteiger partial charge is 0.123 e. The molecule has 0 fully saturated rings. The lowest BCUT2D eigenvalue weighted by atomic mass is 10.1. The Labute approximate surface area is 75.6 Å². The molecule has 1 N–H and O–H groups in total. The maximum atomic E-state index is 12.7. The SMILES string of the molecule is CSc1ccc(F)cc1CCO. The van der Waals surface area contributed by atoms with Crippen LogP contribution >= 0.6 is 11.8 Å². The number of halogens is 1. The third-order valence-electron chi connectivity index (χ3n) is 1.62. The lowest BCUT2D eigenvalue weighted by molar-refractivity contribution is 0.298. The number of thioether (sulfide) groups is 1. The third kappa shape index (κ3) is 2.22. The van der Waals surface area contributed by atoms with Crippen LogP contribution in [0.4, 0.5) is 4.39 Å². The molecule has 0 spiro atoms. The quantitative estimate of drug-likeness (QED) is 0.729. The molecule has 0 aliphatic heterocycles. The zero-order chi connectivity index (χ0) is 8.97. The Balaban J connectivity index is 2.95. The maximum Gasteiger partial charge on any atom is 0.123 e. The fourth-order valence-corrected chi connectivity index (χ4v) is 1.69. The lowest BCUT2D eigenvalue weighted by Crippen LogP contribution is -1.93. The molecule has 3 heteroatoms. The molecule has 0 aliphatic rings. The van der Waals surface area contributed by atoms with E-state index in [-0.39, 0.29) is 12.4 Å². The standard InChI is InChI=1S/C9H11FOS/c1-12-9-3-2-8(10)6-7(9)4-5-11/h2-3,6,11H,4-5H2,1H3. The summed E-state index contributed by atoms with van der Waals surface area (Å²) in [4.78, 5) is 1.03. The monoisotopic (exact) mass is 186 g/mol. The van der Waals surface area contributed by atoms with Crippen molar-refractivity contribution in [3.05, 3.63) is 29.6 Å². The highest BCUT2D eigenvalue weighted by Gasteiger charge is 2.01. The van der Waals surface area contributed by atoms with E-state index in [0.29, 0.717) is 6.42 Å². The minimum atomic E-state index is -0.240. The molecule has 0 atom stereocenters. The first-order chi connectivity index (χ1) is 5.77. The van der Waals surface area contributed by atoms with Crippen LogP contribution in [-0.4, -0.2) is 18.0 Å². The lowest BCUT2D eigenvalue weighted by Gasteiger charge is -2.04. The Kier molecular flexibility index (Phi) is 3.56. The number of rotatable bonds is 3. The van der Waals surface area contributed by atoms with Gasteiger partial charge in [-0.1, -0.05) is 0 Å². The van der Waals surface area contributed by atoms with E-state index in [1.54, 1.807) is 17.8 Å². The van der Waals surface area contributed by atoms with E-state index in [9.17, 15) is 4.39 Å². The predicted molar refractivity (Wildman–Crippen MR) is 49.0 cm³/mol. The summed E-state index contributed by atoms with van der Waals surface area (Å²) in [7, 11) is 0. The summed E-state index contributed by atoms with van der Waals surface area (Å²) in [6, 6.07) is 4.65. The predicted octanol–water partition coefficient (Wildman–Crippen LogP) is 2.08. The van der Waals surface area contributed by atoms with Gasteiger partial charge in [-0.2, -0.15) is 0 Å². The molecule has 0 saturated carbocycles. The summed E-state index contributed by atoms with van der Waals surface area (Å²) in [5.74, 6) is -0.240. The van der Waals surface area contributed by atoms with Gasteiger partial charge in [0.15, 0.2) is 0 Å². The largest absolute Gasteiger partial charge is 0.396 e. The van der Waals surface area contributed by atoms with Gasteiger partial charge in [-0.25, -0.2) is 4.39 Å². The van der Waals surface area contributed by atoms with Crippen molar-refractivity contribution in [1.82, 2.24) is 0 Å². The van der Waals surface area contributed by atoms with Gasteiger partial charge in [-0.05, 0) is 36.4 Å². The van der Waals surface area contributed by atoms with E-state index >= 15 is 0 Å². The second-order valence-electron chi connectivity index (χ2n) is 2.43. The molecule has 0 amide bonds. The molecule has 0 radical (unpaired) electrons. The van der Waals surface area contributed by atoms with E-state index in [4.69, 9.17) is 5.11 Å². The third-order valence-corrected chi connectivity index (χ3v) is 2.46. The van der Waals surface area contributed by atoms with Gasteiger partial charge >= 0.3 is 0 Å². The first kappa shape index (κ1) is 9.55. The second kappa shape index (κ2) is 4.48. The number of hydrogen-bond donors (Lipinski definition) is 1. The minimum Gasteiger partial charge on any atom is -0.396 e. The van der Waals surface area contributed by atoms with Crippen molar-refractivity contribution in [1.29, 1.82) is 0 Å². The van der Waals surface area contributed by atoms with Crippen LogP contribution < -0.4 is 0 Å². The summed E-state index contributed by atoms with van der Waals surface area (Å²) in [6.07, 6.45) is 2.46. The highest BCUT2D eigenvalue weighted by molar-refractivity contribution is 7.98. The van der Waals surface area contributed by atoms with Gasteiger partial charge in [-0.3, -0.25) is 0 Å². The fourth-order valence-electron chi connectivity index (χ4n) is 1.06. The van der Waals surface area contributed by atoms with Crippen LogP contribution in [0.1, 0.15) is 5.56 Å². The molecule has 0 saturated heterocycles. The van der Waals surface area contributed by atoms with E-state index in [1.807, 2.05) is 6.26 Å². The van der Waals surface area contributed by atoms with E-state index in [1.165, 1.54) is 12.1 Å². The molecule has 12 heavy (non-hydrogen) atoms. The first-order valence-electron chi connectivity index (χ1n) is 3.71. The van der Waals surface area contributed by atoms with Crippen molar-refractivity contribution in [2.75, 3.05) is 12.9 Å². The van der Waals surface area contributed by atoms with E-state index in [2.05, 4.69) is 0 Å². The maximum absolute atomic E-state index is 12.7. The first-order valence-corrected chi connectivity index (χ1v) is 4.93. The van der Waals surface area contributed by atoms with Crippen molar-refractivity contribution in [2.45, 2.75) is 11.3 Å². The van der Waals surface area contributed by atoms with Crippen LogP contribution in [0.2, 0.25) is 0 Å². The molecule has 1 nitrogen and oxygen atoms in total. The van der Waals surface area contributed by atoms with Gasteiger partial charge in [0.25, 0.3) is 0 Å². The van der Waals surface area contributed by atoms with Gasteiger partial charge in [0, 0.05) is 11.5 Å². The van der Waals surface area contributed by atoms with Crippen molar-refractivity contribution < 1.29 is 9.50 Å². The highest BCUT2D eigenvalue weighted by Crippen LogP contribution is 2.21. The van der Waals surface area contributed by atoms with Crippen molar-refractivity contribution in [2.24, 2.45) is 0 Å². The number of hydrogen-bond acceptors (Lipinski definition) is 2. The van der Waals surface area contributed by atoms with Gasteiger partial charge in [0.1, 0.15) is 5.82 Å². The molecular weight excluding hydrogens is 175 g/mol. The summed E-state index contributed by atoms with van der Waals surface area (Å²) < 4.78 is 12.7. The molecule has 1 aromatic rings. The van der Waals surface area contributed by atoms with Crippen LogP contribution in [0, 0.1) is 5.82 Å². The molecule has 1 rings (SSSR count). The Morgan fingerprint density at radius 1 is 1.50 bits per heavy atom. The number of aliphatic hydroxyl groups is 1. The summed E-state index contributed by atoms with van der Waals surface area (Å²) >= 11 is 1.57. The zero-order valence-electron chi connectivity index (χ0n) is 6.88. The Morgan fingerprint density at radius 3 is 2.83 bits per heavy atom. The van der Waals surface area contributed by atoms with Crippen LogP contribution in [0.3, 0.4) is 0 Å². The van der Waals surface area contributed by atoms with Gasteiger partial charge in [0.2, 0.25) is 0 Å². The van der Waals surface area contributed by atoms with Crippen LogP contribution in [0.5, 0.6) is 0 Å². The summed E-state index contributed by atoms with van der Waals surface area (Å²) in [5.41, 5.74) is 0.880. The van der Waals surface area contributed by atoms with E-state index < -0.39 is 0 Å². The fraction of sp³-hybridized carbons (Fsp3) is 0.333. The Hall–Kier alpha value is -0.540. The van der Waals surface area contributed by atoms with Crippen molar-refractivity contribution in [3.63, 3.8) is 0 Å². The second-order valence-corrected chi connectivity index (χ2v) is 3.28. The topological polar surface area (TPSA) is 20.2 Å². The summed E-state index contributed by atoms with van der Waals surface area (Å²) in [5, 5.41) is 8.70. The van der Waals surface area contributed by atoms with Crippen molar-refractivity contribution >= 4 is 11.8 Å². The van der Waals surface area contributed by atoms with E-state index in [0.717, 1.165) is 10.5 Å². The number of benzene rings is 1. The van der Waals surface area contributed by atoms with Crippen molar-refractivity contribution in [3.8, 4) is 0 Å². The molecule has 0 aromatic heterocycles. The summed E-state index contributed by atoms with van der Waals surface area (Å²) in [6.45, 7) is 0.0665. The molecule has 0 heterocycles. The normalized spacial score (nSPS) is 10.2. The van der Waals surface area contributed by atoms with Gasteiger partial charge in [-0.15, -0.1) is 11.8 Å². The highest BCUT2D eigenvalue weighted by atomic mass is 32.2. The Bertz CT molecular complexity index is 263. The molecule has 1 aromatic carbocycles.